The van der Waals surface area contributed by atoms with Gasteiger partial charge in [-0.2, -0.15) is 0 Å². The molecule has 11 aromatic rings. The fourth-order valence-corrected chi connectivity index (χ4v) is 7.99. The van der Waals surface area contributed by atoms with Gasteiger partial charge in [0, 0.05) is 49.2 Å². The molecule has 0 aliphatic heterocycles. The number of benzene rings is 7. The number of aromatic nitrogens is 4. The molecule has 11 rings (SSSR count). The molecular formula is C52H32N4. The molecule has 0 N–H and O–H groups in total. The van der Waals surface area contributed by atoms with Crippen molar-refractivity contribution < 1.29 is 0 Å². The molecule has 0 saturated heterocycles. The average molecular weight is 713 g/mol. The third-order valence-electron chi connectivity index (χ3n) is 10.8. The van der Waals surface area contributed by atoms with Crippen molar-refractivity contribution in [1.29, 1.82) is 0 Å². The summed E-state index contributed by atoms with van der Waals surface area (Å²) in [4.78, 5) is 21.0. The second-order valence-corrected chi connectivity index (χ2v) is 14.2. The summed E-state index contributed by atoms with van der Waals surface area (Å²) in [6, 6.07) is 67.9. The second kappa shape index (κ2) is 13.1. The van der Waals surface area contributed by atoms with Crippen LogP contribution in [0.2, 0.25) is 0 Å². The van der Waals surface area contributed by atoms with E-state index in [1.54, 1.807) is 0 Å². The van der Waals surface area contributed by atoms with E-state index in [0.717, 1.165) is 111 Å². The molecule has 4 heteroatoms. The van der Waals surface area contributed by atoms with Crippen molar-refractivity contribution in [1.82, 2.24) is 19.9 Å². The van der Waals surface area contributed by atoms with Gasteiger partial charge in [0.15, 0.2) is 0 Å². The standard InChI is InChI=1S/C52H32N4/c1-4-11-33(12-5-1)44-27-22-36-21-26-42-43-32-40(25-30-47(43)56-49(48(42)50(36)53-44)35-15-8-3-9-16-35)39-17-10-18-41(31-39)46-29-24-38-20-19-37-23-28-45(34-13-6-2-7-14-34)54-51(37)52(38)55-46/h1-32H. The molecule has 4 aromatic heterocycles. The number of hydrogen-bond donors (Lipinski definition) is 0. The Bertz CT molecular complexity index is 3290. The average Bonchev–Trinajstić information content (AvgIpc) is 3.28. The smallest absolute Gasteiger partial charge is 0.0972 e. The number of nitrogens with zero attached hydrogens (tertiary/aromatic N) is 4. The quantitative estimate of drug-likeness (QED) is 0.167. The molecule has 0 bridgehead atoms. The number of fused-ring (bicyclic) bond motifs is 8. The van der Waals surface area contributed by atoms with Crippen molar-refractivity contribution >= 4 is 54.4 Å². The lowest BCUT2D eigenvalue weighted by Gasteiger charge is -2.14. The summed E-state index contributed by atoms with van der Waals surface area (Å²) in [5.74, 6) is 0. The van der Waals surface area contributed by atoms with Gasteiger partial charge in [-0.3, -0.25) is 0 Å². The highest BCUT2D eigenvalue weighted by Gasteiger charge is 2.17. The van der Waals surface area contributed by atoms with Crippen LogP contribution in [0, 0.1) is 0 Å². The zero-order chi connectivity index (χ0) is 37.0. The predicted molar refractivity (Wildman–Crippen MR) is 232 cm³/mol. The van der Waals surface area contributed by atoms with Gasteiger partial charge in [0.25, 0.3) is 0 Å². The summed E-state index contributed by atoms with van der Waals surface area (Å²) in [5, 5.41) is 6.50. The summed E-state index contributed by atoms with van der Waals surface area (Å²) < 4.78 is 0. The Labute approximate surface area is 323 Å². The Morgan fingerprint density at radius 3 is 1.36 bits per heavy atom. The maximum Gasteiger partial charge on any atom is 0.0972 e. The minimum Gasteiger partial charge on any atom is -0.247 e. The SMILES string of the molecule is c1ccc(-c2ccc3ccc4ccc(-c5cccc(-c6ccc7nc(-c8ccccc8)c8c(ccc9ccc(-c%10ccccc%10)nc98)c7c6)c5)nc4c3n2)cc1. The number of pyridine rings is 4. The molecule has 0 radical (unpaired) electrons. The normalized spacial score (nSPS) is 11.6. The highest BCUT2D eigenvalue weighted by Crippen LogP contribution is 2.39. The molecule has 4 nitrogen and oxygen atoms in total. The molecule has 0 aliphatic rings. The first kappa shape index (κ1) is 31.9. The Morgan fingerprint density at radius 2 is 0.732 bits per heavy atom. The van der Waals surface area contributed by atoms with Crippen LogP contribution < -0.4 is 0 Å². The second-order valence-electron chi connectivity index (χ2n) is 14.2. The Kier molecular flexibility index (Phi) is 7.46. The van der Waals surface area contributed by atoms with Crippen LogP contribution >= 0.6 is 0 Å². The molecule has 0 atom stereocenters. The Balaban J connectivity index is 1.06. The van der Waals surface area contributed by atoms with Crippen LogP contribution in [0.1, 0.15) is 0 Å². The van der Waals surface area contributed by atoms with E-state index < -0.39 is 0 Å². The zero-order valence-electron chi connectivity index (χ0n) is 30.3. The first-order chi connectivity index (χ1) is 27.7. The van der Waals surface area contributed by atoms with Crippen molar-refractivity contribution in [3.63, 3.8) is 0 Å². The minimum atomic E-state index is 0.900. The third-order valence-corrected chi connectivity index (χ3v) is 10.8. The lowest BCUT2D eigenvalue weighted by molar-refractivity contribution is 1.36. The zero-order valence-corrected chi connectivity index (χ0v) is 30.3. The fraction of sp³-hybridized carbons (Fsp3) is 0. The summed E-state index contributed by atoms with van der Waals surface area (Å²) in [6.07, 6.45) is 0. The van der Waals surface area contributed by atoms with Crippen LogP contribution in [0.5, 0.6) is 0 Å². The van der Waals surface area contributed by atoms with E-state index in [9.17, 15) is 0 Å². The molecule has 0 aliphatic carbocycles. The van der Waals surface area contributed by atoms with E-state index in [0.29, 0.717) is 0 Å². The monoisotopic (exact) mass is 712 g/mol. The molecule has 0 unspecified atom stereocenters. The largest absolute Gasteiger partial charge is 0.247 e. The first-order valence-electron chi connectivity index (χ1n) is 18.9. The molecule has 7 aromatic carbocycles. The molecule has 260 valence electrons. The van der Waals surface area contributed by atoms with E-state index in [2.05, 4.69) is 164 Å². The van der Waals surface area contributed by atoms with Gasteiger partial charge < -0.3 is 0 Å². The fourth-order valence-electron chi connectivity index (χ4n) is 7.99. The minimum absolute atomic E-state index is 0.900. The van der Waals surface area contributed by atoms with Crippen LogP contribution in [0.15, 0.2) is 194 Å². The predicted octanol–water partition coefficient (Wildman–Crippen LogP) is 13.4. The van der Waals surface area contributed by atoms with Gasteiger partial charge in [0.2, 0.25) is 0 Å². The van der Waals surface area contributed by atoms with Crippen LogP contribution in [0.3, 0.4) is 0 Å². The van der Waals surface area contributed by atoms with E-state index in [4.69, 9.17) is 19.9 Å². The number of rotatable bonds is 5. The lowest BCUT2D eigenvalue weighted by atomic mass is 9.94. The maximum absolute atomic E-state index is 5.35. The van der Waals surface area contributed by atoms with E-state index in [-0.39, 0.29) is 0 Å². The maximum atomic E-state index is 5.35. The van der Waals surface area contributed by atoms with E-state index in [1.165, 1.54) is 0 Å². The summed E-state index contributed by atoms with van der Waals surface area (Å²) >= 11 is 0. The summed E-state index contributed by atoms with van der Waals surface area (Å²) in [7, 11) is 0. The van der Waals surface area contributed by atoms with Gasteiger partial charge in [0.05, 0.1) is 44.8 Å². The topological polar surface area (TPSA) is 51.6 Å². The van der Waals surface area contributed by atoms with Gasteiger partial charge in [-0.1, -0.05) is 158 Å². The summed E-state index contributed by atoms with van der Waals surface area (Å²) in [5.41, 5.74) is 13.9. The van der Waals surface area contributed by atoms with Gasteiger partial charge in [-0.05, 0) is 52.9 Å². The van der Waals surface area contributed by atoms with Crippen molar-refractivity contribution in [2.24, 2.45) is 0 Å². The van der Waals surface area contributed by atoms with Gasteiger partial charge in [-0.25, -0.2) is 19.9 Å². The molecule has 4 heterocycles. The van der Waals surface area contributed by atoms with Gasteiger partial charge in [-0.15, -0.1) is 0 Å². The van der Waals surface area contributed by atoms with Crippen molar-refractivity contribution in [2.75, 3.05) is 0 Å². The van der Waals surface area contributed by atoms with Crippen molar-refractivity contribution in [2.45, 2.75) is 0 Å². The van der Waals surface area contributed by atoms with Gasteiger partial charge in [0.1, 0.15) is 0 Å². The number of hydrogen-bond acceptors (Lipinski definition) is 4. The molecule has 0 fully saturated rings. The van der Waals surface area contributed by atoms with Crippen LogP contribution in [0.4, 0.5) is 0 Å². The third kappa shape index (κ3) is 5.47. The van der Waals surface area contributed by atoms with Crippen LogP contribution in [0.25, 0.3) is 111 Å². The van der Waals surface area contributed by atoms with E-state index >= 15 is 0 Å². The molecule has 0 spiro atoms. The Morgan fingerprint density at radius 1 is 0.268 bits per heavy atom. The first-order valence-corrected chi connectivity index (χ1v) is 18.9. The molecule has 0 amide bonds. The highest BCUT2D eigenvalue weighted by atomic mass is 14.8. The van der Waals surface area contributed by atoms with Crippen LogP contribution in [-0.4, -0.2) is 19.9 Å². The molecular weight excluding hydrogens is 681 g/mol. The lowest BCUT2D eigenvalue weighted by Crippen LogP contribution is -1.94. The summed E-state index contributed by atoms with van der Waals surface area (Å²) in [6.45, 7) is 0. The van der Waals surface area contributed by atoms with E-state index in [1.807, 2.05) is 30.3 Å². The Hall–Kier alpha value is -7.56. The van der Waals surface area contributed by atoms with Crippen molar-refractivity contribution in [3.8, 4) is 56.2 Å². The highest BCUT2D eigenvalue weighted by molar-refractivity contribution is 6.20. The van der Waals surface area contributed by atoms with Gasteiger partial charge >= 0.3 is 0 Å². The van der Waals surface area contributed by atoms with Crippen molar-refractivity contribution in [3.05, 3.63) is 194 Å². The molecule has 56 heavy (non-hydrogen) atoms. The van der Waals surface area contributed by atoms with Crippen LogP contribution in [-0.2, 0) is 0 Å². The molecule has 0 saturated carbocycles.